The van der Waals surface area contributed by atoms with Crippen molar-refractivity contribution in [2.24, 2.45) is 0 Å². The molecule has 0 saturated heterocycles. The van der Waals surface area contributed by atoms with Crippen molar-refractivity contribution < 1.29 is 13.9 Å². The van der Waals surface area contributed by atoms with Crippen LogP contribution in [0.2, 0.25) is 0 Å². The molecule has 2 heterocycles. The number of fused-ring (bicyclic) bond motifs is 1. The van der Waals surface area contributed by atoms with Crippen molar-refractivity contribution in [3.63, 3.8) is 0 Å². The van der Waals surface area contributed by atoms with Crippen LogP contribution < -0.4 is 9.64 Å². The van der Waals surface area contributed by atoms with Gasteiger partial charge in [0.1, 0.15) is 17.7 Å². The highest BCUT2D eigenvalue weighted by molar-refractivity contribution is 7.13. The van der Waals surface area contributed by atoms with Crippen LogP contribution in [-0.4, -0.2) is 32.8 Å². The molecule has 2 aromatic heterocycles. The summed E-state index contributed by atoms with van der Waals surface area (Å²) in [6.45, 7) is 7.89. The van der Waals surface area contributed by atoms with Crippen molar-refractivity contribution in [1.29, 1.82) is 0 Å². The molecule has 0 unspecified atom stereocenters. The van der Waals surface area contributed by atoms with Crippen molar-refractivity contribution in [3.05, 3.63) is 100 Å². The minimum atomic E-state index is -0.323. The zero-order valence-corrected chi connectivity index (χ0v) is 21.9. The number of carbonyl (C=O) groups excluding carboxylic acids is 1. The van der Waals surface area contributed by atoms with E-state index in [2.05, 4.69) is 10.1 Å². The summed E-state index contributed by atoms with van der Waals surface area (Å²) in [6.07, 6.45) is 3.15. The number of thiazole rings is 1. The minimum Gasteiger partial charge on any atom is -0.489 e. The second kappa shape index (κ2) is 10.1. The number of hydrogen-bond donors (Lipinski definition) is 0. The molecule has 3 aromatic carbocycles. The molecular weight excluding hydrogens is 487 g/mol. The number of aryl methyl sites for hydroxylation is 2. The number of aromatic nitrogens is 3. The molecule has 5 rings (SSSR count). The predicted molar refractivity (Wildman–Crippen MR) is 145 cm³/mol. The maximum atomic E-state index is 13.6. The van der Waals surface area contributed by atoms with Gasteiger partial charge in [-0.2, -0.15) is 5.10 Å². The van der Waals surface area contributed by atoms with Gasteiger partial charge >= 0.3 is 0 Å². The van der Waals surface area contributed by atoms with Crippen molar-refractivity contribution in [2.75, 3.05) is 4.90 Å². The molecule has 6 nitrogen and oxygen atoms in total. The van der Waals surface area contributed by atoms with Gasteiger partial charge in [-0.25, -0.2) is 14.1 Å². The van der Waals surface area contributed by atoms with Gasteiger partial charge in [0.2, 0.25) is 0 Å². The van der Waals surface area contributed by atoms with E-state index < -0.39 is 0 Å². The fourth-order valence-electron chi connectivity index (χ4n) is 4.19. The van der Waals surface area contributed by atoms with E-state index in [9.17, 15) is 9.18 Å². The van der Waals surface area contributed by atoms with Gasteiger partial charge in [-0.3, -0.25) is 9.69 Å². The monoisotopic (exact) mass is 514 g/mol. The number of hydrogen-bond acceptors (Lipinski definition) is 5. The summed E-state index contributed by atoms with van der Waals surface area (Å²) in [5, 5.41) is 5.81. The molecule has 0 aliphatic heterocycles. The van der Waals surface area contributed by atoms with E-state index in [1.807, 2.05) is 70.2 Å². The second-order valence-corrected chi connectivity index (χ2v) is 10.3. The van der Waals surface area contributed by atoms with E-state index >= 15 is 0 Å². The van der Waals surface area contributed by atoms with Crippen LogP contribution in [0.4, 0.5) is 10.1 Å². The summed E-state index contributed by atoms with van der Waals surface area (Å²) in [5.41, 5.74) is 3.57. The molecule has 0 saturated carbocycles. The van der Waals surface area contributed by atoms with Gasteiger partial charge in [0.15, 0.2) is 5.01 Å². The van der Waals surface area contributed by atoms with Crippen LogP contribution in [-0.2, 0) is 0 Å². The third-order valence-electron chi connectivity index (χ3n) is 6.35. The van der Waals surface area contributed by atoms with Gasteiger partial charge in [-0.05, 0) is 82.3 Å². The predicted octanol–water partition coefficient (Wildman–Crippen LogP) is 6.74. The van der Waals surface area contributed by atoms with Gasteiger partial charge in [0, 0.05) is 22.1 Å². The largest absolute Gasteiger partial charge is 0.489 e. The summed E-state index contributed by atoms with van der Waals surface area (Å²) in [5.74, 6) is 0.231. The Labute approximate surface area is 219 Å². The van der Waals surface area contributed by atoms with Crippen LogP contribution in [0.15, 0.2) is 79.1 Å². The summed E-state index contributed by atoms with van der Waals surface area (Å²) >= 11 is 1.38. The molecule has 37 heavy (non-hydrogen) atoms. The number of anilines is 1. The van der Waals surface area contributed by atoms with Crippen LogP contribution >= 0.6 is 11.3 Å². The standard InChI is InChI=1S/C29H27FN4O2S/c1-18-5-9-24(10-6-18)33(29(35)28-31-16-19(2)37-28)20(3)21(4)36-26-13-14-27-22(15-26)17-32-34(27)25-11-7-23(30)8-12-25/h5-17,20-21H,1-4H3/t20-,21+/m0/s1. The molecule has 0 aliphatic rings. The Balaban J connectivity index is 1.40. The minimum absolute atomic E-state index is 0.152. The van der Waals surface area contributed by atoms with E-state index in [1.54, 1.807) is 34.1 Å². The van der Waals surface area contributed by atoms with Crippen LogP contribution in [0.5, 0.6) is 5.75 Å². The first-order chi connectivity index (χ1) is 17.8. The zero-order chi connectivity index (χ0) is 26.1. The van der Waals surface area contributed by atoms with E-state index in [-0.39, 0.29) is 23.9 Å². The zero-order valence-electron chi connectivity index (χ0n) is 21.1. The van der Waals surface area contributed by atoms with Crippen molar-refractivity contribution in [2.45, 2.75) is 39.8 Å². The molecule has 188 valence electrons. The quantitative estimate of drug-likeness (QED) is 0.241. The fourth-order valence-corrected chi connectivity index (χ4v) is 4.90. The van der Waals surface area contributed by atoms with Gasteiger partial charge in [-0.15, -0.1) is 11.3 Å². The smallest absolute Gasteiger partial charge is 0.287 e. The molecule has 2 atom stereocenters. The maximum absolute atomic E-state index is 13.6. The van der Waals surface area contributed by atoms with Crippen molar-refractivity contribution in [1.82, 2.24) is 14.8 Å². The first-order valence-electron chi connectivity index (χ1n) is 12.0. The number of ether oxygens (including phenoxy) is 1. The third-order valence-corrected chi connectivity index (χ3v) is 7.26. The number of halogens is 1. The molecule has 0 spiro atoms. The lowest BCUT2D eigenvalue weighted by Crippen LogP contribution is -2.46. The highest BCUT2D eigenvalue weighted by Gasteiger charge is 2.30. The highest BCUT2D eigenvalue weighted by Crippen LogP contribution is 2.28. The SMILES string of the molecule is Cc1ccc(N(C(=O)c2ncc(C)s2)[C@@H](C)[C@@H](C)Oc2ccc3c(cnn3-c3ccc(F)cc3)c2)cc1. The number of nitrogens with zero attached hydrogens (tertiary/aromatic N) is 4. The molecule has 0 aliphatic carbocycles. The van der Waals surface area contributed by atoms with Crippen molar-refractivity contribution in [3.8, 4) is 11.4 Å². The molecule has 0 N–H and O–H groups in total. The van der Waals surface area contributed by atoms with Gasteiger partial charge in [0.25, 0.3) is 5.91 Å². The Morgan fingerprint density at radius 1 is 1.00 bits per heavy atom. The molecule has 5 aromatic rings. The molecular formula is C29H27FN4O2S. The molecule has 0 bridgehead atoms. The summed E-state index contributed by atoms with van der Waals surface area (Å²) in [6, 6.07) is 19.6. The Kier molecular flexibility index (Phi) is 6.76. The van der Waals surface area contributed by atoms with Gasteiger partial charge in [0.05, 0.1) is 23.4 Å². The average molecular weight is 515 g/mol. The van der Waals surface area contributed by atoms with Crippen LogP contribution in [0, 0.1) is 19.7 Å². The van der Waals surface area contributed by atoms with Crippen LogP contribution in [0.1, 0.15) is 34.1 Å². The molecule has 0 fully saturated rings. The Morgan fingerprint density at radius 2 is 1.73 bits per heavy atom. The maximum Gasteiger partial charge on any atom is 0.287 e. The first kappa shape index (κ1) is 24.6. The van der Waals surface area contributed by atoms with E-state index in [0.717, 1.165) is 32.7 Å². The fraction of sp³-hybridized carbons (Fsp3) is 0.207. The highest BCUT2D eigenvalue weighted by atomic mass is 32.1. The summed E-state index contributed by atoms with van der Waals surface area (Å²) in [7, 11) is 0. The normalized spacial score (nSPS) is 12.9. The lowest BCUT2D eigenvalue weighted by atomic mass is 10.1. The second-order valence-electron chi connectivity index (χ2n) is 9.10. The lowest BCUT2D eigenvalue weighted by molar-refractivity contribution is 0.0948. The topological polar surface area (TPSA) is 60.3 Å². The van der Waals surface area contributed by atoms with Gasteiger partial charge < -0.3 is 4.74 Å². The lowest BCUT2D eigenvalue weighted by Gasteiger charge is -2.33. The number of amides is 1. The Hall–Kier alpha value is -4.04. The van der Waals surface area contributed by atoms with E-state index in [1.165, 1.54) is 23.5 Å². The van der Waals surface area contributed by atoms with Crippen LogP contribution in [0.3, 0.4) is 0 Å². The molecule has 8 heteroatoms. The number of carbonyl (C=O) groups is 1. The summed E-state index contributed by atoms with van der Waals surface area (Å²) in [4.78, 5) is 20.6. The third kappa shape index (κ3) is 5.11. The summed E-state index contributed by atoms with van der Waals surface area (Å²) < 4.78 is 21.4. The average Bonchev–Trinajstić information content (AvgIpc) is 3.51. The number of rotatable bonds is 7. The first-order valence-corrected chi connectivity index (χ1v) is 12.8. The van der Waals surface area contributed by atoms with Crippen LogP contribution in [0.25, 0.3) is 16.6 Å². The Morgan fingerprint density at radius 3 is 2.41 bits per heavy atom. The molecule has 0 radical (unpaired) electrons. The number of benzene rings is 3. The Bertz CT molecular complexity index is 1540. The molecule has 1 amide bonds. The van der Waals surface area contributed by atoms with E-state index in [4.69, 9.17) is 4.74 Å². The van der Waals surface area contributed by atoms with E-state index in [0.29, 0.717) is 10.8 Å². The van der Waals surface area contributed by atoms with Crippen molar-refractivity contribution >= 4 is 33.8 Å². The van der Waals surface area contributed by atoms with Gasteiger partial charge in [-0.1, -0.05) is 17.7 Å².